The lowest BCUT2D eigenvalue weighted by Crippen LogP contribution is -2.19. The second-order valence-corrected chi connectivity index (χ2v) is 6.47. The Bertz CT molecular complexity index is 559. The highest BCUT2D eigenvalue weighted by molar-refractivity contribution is 9.10. The van der Waals surface area contributed by atoms with E-state index in [4.69, 9.17) is 21.1 Å². The fourth-order valence-electron chi connectivity index (χ4n) is 2.04. The molecular weight excluding hydrogens is 400 g/mol. The summed E-state index contributed by atoms with van der Waals surface area (Å²) in [6, 6.07) is 6.80. The summed E-state index contributed by atoms with van der Waals surface area (Å²) in [7, 11) is 0. The molecule has 0 aliphatic rings. The molecule has 1 aromatic rings. The van der Waals surface area contributed by atoms with Gasteiger partial charge in [0.15, 0.2) is 12.4 Å². The van der Waals surface area contributed by atoms with Crippen LogP contribution in [-0.2, 0) is 14.3 Å². The number of ketones is 1. The zero-order valence-electron chi connectivity index (χ0n) is 13.4. The Morgan fingerprint density at radius 1 is 1.17 bits per heavy atom. The zero-order chi connectivity index (χ0) is 17.9. The van der Waals surface area contributed by atoms with Gasteiger partial charge in [-0.25, -0.2) is 4.79 Å². The first-order valence-corrected chi connectivity index (χ1v) is 8.90. The second-order valence-electron chi connectivity index (χ2n) is 5.25. The van der Waals surface area contributed by atoms with Crippen LogP contribution in [0.4, 0.5) is 4.79 Å². The van der Waals surface area contributed by atoms with Crippen molar-refractivity contribution < 1.29 is 23.9 Å². The van der Waals surface area contributed by atoms with Crippen LogP contribution in [0.5, 0.6) is 0 Å². The van der Waals surface area contributed by atoms with Gasteiger partial charge in [0, 0.05) is 28.1 Å². The van der Waals surface area contributed by atoms with E-state index in [0.29, 0.717) is 18.4 Å². The Labute approximate surface area is 154 Å². The summed E-state index contributed by atoms with van der Waals surface area (Å²) in [6.07, 6.45) is 2.43. The molecule has 1 rings (SSSR count). The van der Waals surface area contributed by atoms with Crippen molar-refractivity contribution in [3.63, 3.8) is 0 Å². The van der Waals surface area contributed by atoms with Crippen LogP contribution < -0.4 is 0 Å². The topological polar surface area (TPSA) is 69.7 Å². The molecule has 0 N–H and O–H groups in total. The molecule has 0 aliphatic heterocycles. The minimum atomic E-state index is -0.880. The summed E-state index contributed by atoms with van der Waals surface area (Å²) in [5, 5.41) is 0. The SMILES string of the molecule is CCCCC(CCC(=O)OCC(=O)c1ccc(Br)cc1)OC(=O)Cl. The van der Waals surface area contributed by atoms with Gasteiger partial charge in [-0.05, 0) is 25.0 Å². The van der Waals surface area contributed by atoms with Crippen LogP contribution in [-0.4, -0.2) is 29.9 Å². The smallest absolute Gasteiger partial charge is 0.404 e. The molecule has 24 heavy (non-hydrogen) atoms. The molecule has 132 valence electrons. The lowest BCUT2D eigenvalue weighted by Gasteiger charge is -2.15. The highest BCUT2D eigenvalue weighted by atomic mass is 79.9. The highest BCUT2D eigenvalue weighted by Gasteiger charge is 2.16. The van der Waals surface area contributed by atoms with Crippen LogP contribution in [0.2, 0.25) is 0 Å². The Morgan fingerprint density at radius 3 is 2.42 bits per heavy atom. The minimum Gasteiger partial charge on any atom is -0.457 e. The van der Waals surface area contributed by atoms with Gasteiger partial charge in [-0.15, -0.1) is 0 Å². The molecule has 0 bridgehead atoms. The number of rotatable bonds is 10. The van der Waals surface area contributed by atoms with Crippen molar-refractivity contribution in [2.24, 2.45) is 0 Å². The van der Waals surface area contributed by atoms with Crippen molar-refractivity contribution in [2.45, 2.75) is 45.1 Å². The molecule has 0 saturated carbocycles. The monoisotopic (exact) mass is 418 g/mol. The molecule has 0 heterocycles. The van der Waals surface area contributed by atoms with Gasteiger partial charge in [0.1, 0.15) is 6.10 Å². The molecule has 0 spiro atoms. The van der Waals surface area contributed by atoms with Gasteiger partial charge in [0.05, 0.1) is 0 Å². The maximum Gasteiger partial charge on any atom is 0.404 e. The molecular formula is C17H20BrClO5. The Kier molecular flexibility index (Phi) is 9.64. The molecule has 0 saturated heterocycles. The molecule has 0 aromatic heterocycles. The van der Waals surface area contributed by atoms with Crippen LogP contribution in [0, 0.1) is 0 Å². The summed E-state index contributed by atoms with van der Waals surface area (Å²) >= 11 is 8.51. The highest BCUT2D eigenvalue weighted by Crippen LogP contribution is 2.14. The lowest BCUT2D eigenvalue weighted by atomic mass is 10.1. The average Bonchev–Trinajstić information content (AvgIpc) is 2.55. The quantitative estimate of drug-likeness (QED) is 0.307. The Hall–Kier alpha value is -1.40. The molecule has 1 atom stereocenters. The van der Waals surface area contributed by atoms with E-state index in [1.54, 1.807) is 24.3 Å². The molecule has 1 aromatic carbocycles. The number of hydrogen-bond acceptors (Lipinski definition) is 5. The third-order valence-corrected chi connectivity index (χ3v) is 3.96. The van der Waals surface area contributed by atoms with Gasteiger partial charge in [-0.1, -0.05) is 47.8 Å². The number of carbonyl (C=O) groups excluding carboxylic acids is 3. The van der Waals surface area contributed by atoms with E-state index in [2.05, 4.69) is 15.9 Å². The summed E-state index contributed by atoms with van der Waals surface area (Å²) in [4.78, 5) is 34.5. The van der Waals surface area contributed by atoms with Crippen LogP contribution in [0.25, 0.3) is 0 Å². The van der Waals surface area contributed by atoms with E-state index in [1.165, 1.54) is 0 Å². The normalized spacial score (nSPS) is 11.6. The fourth-order valence-corrected chi connectivity index (χ4v) is 2.43. The summed E-state index contributed by atoms with van der Waals surface area (Å²) in [6.45, 7) is 1.71. The number of ether oxygens (including phenoxy) is 2. The summed E-state index contributed by atoms with van der Waals surface area (Å²) < 4.78 is 10.8. The van der Waals surface area contributed by atoms with Crippen molar-refractivity contribution in [3.8, 4) is 0 Å². The lowest BCUT2D eigenvalue weighted by molar-refractivity contribution is -0.143. The van der Waals surface area contributed by atoms with Gasteiger partial charge >= 0.3 is 11.4 Å². The van der Waals surface area contributed by atoms with Crippen LogP contribution in [0.3, 0.4) is 0 Å². The molecule has 0 fully saturated rings. The number of benzene rings is 1. The molecule has 0 amide bonds. The van der Waals surface area contributed by atoms with Gasteiger partial charge < -0.3 is 9.47 Å². The van der Waals surface area contributed by atoms with E-state index in [9.17, 15) is 14.4 Å². The maximum atomic E-state index is 11.9. The van der Waals surface area contributed by atoms with Crippen molar-refractivity contribution >= 4 is 44.7 Å². The predicted octanol–water partition coefficient (Wildman–Crippen LogP) is 4.89. The maximum absolute atomic E-state index is 11.9. The van der Waals surface area contributed by atoms with E-state index in [1.807, 2.05) is 6.92 Å². The number of esters is 1. The number of carbonyl (C=O) groups is 3. The van der Waals surface area contributed by atoms with Crippen molar-refractivity contribution in [1.29, 1.82) is 0 Å². The van der Waals surface area contributed by atoms with Gasteiger partial charge in [0.25, 0.3) is 0 Å². The van der Waals surface area contributed by atoms with Crippen LogP contribution >= 0.6 is 27.5 Å². The van der Waals surface area contributed by atoms with Gasteiger partial charge in [-0.3, -0.25) is 9.59 Å². The third-order valence-electron chi connectivity index (χ3n) is 3.34. The third kappa shape index (κ3) is 8.45. The minimum absolute atomic E-state index is 0.0617. The van der Waals surface area contributed by atoms with E-state index in [0.717, 1.165) is 17.3 Å². The average molecular weight is 420 g/mol. The van der Waals surface area contributed by atoms with Crippen molar-refractivity contribution in [3.05, 3.63) is 34.3 Å². The number of unbranched alkanes of at least 4 members (excludes halogenated alkanes) is 1. The second kappa shape index (κ2) is 11.2. The molecule has 5 nitrogen and oxygen atoms in total. The number of Topliss-reactive ketones (excluding diaryl/α,β-unsaturated/α-hetero) is 1. The largest absolute Gasteiger partial charge is 0.457 e. The molecule has 7 heteroatoms. The number of hydrogen-bond donors (Lipinski definition) is 0. The Morgan fingerprint density at radius 2 is 1.83 bits per heavy atom. The van der Waals surface area contributed by atoms with Crippen LogP contribution in [0.15, 0.2) is 28.7 Å². The summed E-state index contributed by atoms with van der Waals surface area (Å²) in [5.74, 6) is -0.779. The number of halogens is 2. The molecule has 0 radical (unpaired) electrons. The fraction of sp³-hybridized carbons (Fsp3) is 0.471. The van der Waals surface area contributed by atoms with Gasteiger partial charge in [-0.2, -0.15) is 0 Å². The molecule has 0 aliphatic carbocycles. The summed E-state index contributed by atoms with van der Waals surface area (Å²) in [5.41, 5.74) is -0.405. The van der Waals surface area contributed by atoms with Gasteiger partial charge in [0.2, 0.25) is 0 Å². The van der Waals surface area contributed by atoms with E-state index >= 15 is 0 Å². The first-order chi connectivity index (χ1) is 11.4. The zero-order valence-corrected chi connectivity index (χ0v) is 15.8. The van der Waals surface area contributed by atoms with Crippen molar-refractivity contribution in [2.75, 3.05) is 6.61 Å². The standard InChI is InChI=1S/C17H20BrClO5/c1-2-3-4-14(24-17(19)22)9-10-16(21)23-11-15(20)12-5-7-13(18)8-6-12/h5-8,14H,2-4,9-11H2,1H3. The first kappa shape index (κ1) is 20.6. The molecule has 1 unspecified atom stereocenters. The first-order valence-electron chi connectivity index (χ1n) is 7.73. The Balaban J connectivity index is 2.37. The van der Waals surface area contributed by atoms with Crippen LogP contribution in [0.1, 0.15) is 49.4 Å². The van der Waals surface area contributed by atoms with Crippen molar-refractivity contribution in [1.82, 2.24) is 0 Å². The van der Waals surface area contributed by atoms with E-state index < -0.39 is 17.5 Å². The predicted molar refractivity (Wildman–Crippen MR) is 94.3 cm³/mol. The van der Waals surface area contributed by atoms with E-state index in [-0.39, 0.29) is 18.8 Å².